The number of halogens is 2. The lowest BCUT2D eigenvalue weighted by Gasteiger charge is -2.36. The number of piperidine rings is 1. The first-order valence-corrected chi connectivity index (χ1v) is 9.55. The summed E-state index contributed by atoms with van der Waals surface area (Å²) in [4.78, 5) is 17.2. The van der Waals surface area contributed by atoms with E-state index in [1.54, 1.807) is 0 Å². The average Bonchev–Trinajstić information content (AvgIpc) is 2.64. The summed E-state index contributed by atoms with van der Waals surface area (Å²) in [7, 11) is 0. The number of hydrogen-bond acceptors (Lipinski definition) is 3. The summed E-state index contributed by atoms with van der Waals surface area (Å²) in [6.45, 7) is 8.47. The molecule has 0 aliphatic carbocycles. The van der Waals surface area contributed by atoms with E-state index in [4.69, 9.17) is 11.6 Å². The van der Waals surface area contributed by atoms with E-state index < -0.39 is 0 Å². The molecule has 25 heavy (non-hydrogen) atoms. The zero-order chi connectivity index (χ0) is 16.9. The summed E-state index contributed by atoms with van der Waals surface area (Å²) in [6, 6.07) is 6.16. The second-order valence-electron chi connectivity index (χ2n) is 6.88. The molecule has 0 bridgehead atoms. The molecule has 0 aromatic heterocycles. The lowest BCUT2D eigenvalue weighted by molar-refractivity contribution is -0.138. The minimum Gasteiger partial charge on any atom is -0.340 e. The monoisotopic (exact) mass is 385 g/mol. The Hall–Kier alpha value is -0.810. The third-order valence-corrected chi connectivity index (χ3v) is 5.62. The van der Waals surface area contributed by atoms with E-state index in [0.717, 1.165) is 70.1 Å². The van der Waals surface area contributed by atoms with E-state index in [-0.39, 0.29) is 18.3 Å². The lowest BCUT2D eigenvalue weighted by atomic mass is 9.95. The molecule has 1 aromatic carbocycles. The minimum absolute atomic E-state index is 0. The van der Waals surface area contributed by atoms with Gasteiger partial charge in [0.25, 0.3) is 0 Å². The molecular formula is C19H29Cl2N3O. The first kappa shape index (κ1) is 20.5. The Bertz CT molecular complexity index is 576. The zero-order valence-electron chi connectivity index (χ0n) is 15.0. The highest BCUT2D eigenvalue weighted by Crippen LogP contribution is 2.26. The molecule has 1 unspecified atom stereocenters. The fourth-order valence-corrected chi connectivity index (χ4v) is 4.13. The summed E-state index contributed by atoms with van der Waals surface area (Å²) >= 11 is 6.44. The molecule has 1 atom stereocenters. The van der Waals surface area contributed by atoms with Crippen molar-refractivity contribution in [1.82, 2.24) is 15.1 Å². The third kappa shape index (κ3) is 5.10. The van der Waals surface area contributed by atoms with Gasteiger partial charge >= 0.3 is 0 Å². The summed E-state index contributed by atoms with van der Waals surface area (Å²) in [5.41, 5.74) is 2.55. The fourth-order valence-electron chi connectivity index (χ4n) is 3.88. The Morgan fingerprint density at radius 2 is 2.04 bits per heavy atom. The predicted molar refractivity (Wildman–Crippen MR) is 106 cm³/mol. The molecule has 0 spiro atoms. The van der Waals surface area contributed by atoms with Crippen LogP contribution < -0.4 is 5.32 Å². The predicted octanol–water partition coefficient (Wildman–Crippen LogP) is 2.97. The topological polar surface area (TPSA) is 35.6 Å². The normalized spacial score (nSPS) is 21.7. The number of nitrogens with one attached hydrogen (secondary N) is 1. The minimum atomic E-state index is 0. The number of piperazine rings is 1. The first-order chi connectivity index (χ1) is 11.7. The third-order valence-electron chi connectivity index (χ3n) is 5.26. The van der Waals surface area contributed by atoms with Gasteiger partial charge in [0.05, 0.1) is 5.92 Å². The van der Waals surface area contributed by atoms with Crippen LogP contribution in [-0.2, 0) is 17.8 Å². The number of amides is 1. The van der Waals surface area contributed by atoms with Crippen LogP contribution in [0.3, 0.4) is 0 Å². The molecular weight excluding hydrogens is 357 g/mol. The Kier molecular flexibility index (Phi) is 8.01. The van der Waals surface area contributed by atoms with E-state index in [2.05, 4.69) is 23.2 Å². The summed E-state index contributed by atoms with van der Waals surface area (Å²) in [6.07, 6.45) is 3.10. The van der Waals surface area contributed by atoms with Crippen LogP contribution in [0, 0.1) is 5.92 Å². The molecule has 2 saturated heterocycles. The Labute approximate surface area is 162 Å². The molecule has 2 fully saturated rings. The largest absolute Gasteiger partial charge is 0.340 e. The molecule has 140 valence electrons. The van der Waals surface area contributed by atoms with Gasteiger partial charge in [0.2, 0.25) is 5.91 Å². The SMILES string of the molecule is CCc1cccc(Cl)c1CN1CCCC(C(=O)N2CCNCC2)C1.Cl. The zero-order valence-corrected chi connectivity index (χ0v) is 16.5. The van der Waals surface area contributed by atoms with Gasteiger partial charge in [0.15, 0.2) is 0 Å². The number of carbonyl (C=O) groups is 1. The van der Waals surface area contributed by atoms with E-state index in [1.807, 2.05) is 17.0 Å². The van der Waals surface area contributed by atoms with Gasteiger partial charge in [-0.05, 0) is 43.0 Å². The van der Waals surface area contributed by atoms with Crippen molar-refractivity contribution >= 4 is 29.9 Å². The number of hydrogen-bond donors (Lipinski definition) is 1. The molecule has 1 aromatic rings. The van der Waals surface area contributed by atoms with Crippen molar-refractivity contribution in [2.24, 2.45) is 5.92 Å². The summed E-state index contributed by atoms with van der Waals surface area (Å²) in [5.74, 6) is 0.487. The average molecular weight is 386 g/mol. The van der Waals surface area contributed by atoms with Crippen LogP contribution in [0.5, 0.6) is 0 Å². The van der Waals surface area contributed by atoms with Gasteiger partial charge in [0.1, 0.15) is 0 Å². The van der Waals surface area contributed by atoms with Crippen molar-refractivity contribution in [3.05, 3.63) is 34.3 Å². The van der Waals surface area contributed by atoms with E-state index in [0.29, 0.717) is 5.91 Å². The molecule has 1 N–H and O–H groups in total. The number of rotatable bonds is 4. The standard InChI is InChI=1S/C19H28ClN3O.ClH/c1-2-15-5-3-7-18(20)17(15)14-22-10-4-6-16(13-22)19(24)23-11-8-21-9-12-23;/h3,5,7,16,21H,2,4,6,8-14H2,1H3;1H. The van der Waals surface area contributed by atoms with Crippen LogP contribution in [0.25, 0.3) is 0 Å². The molecule has 3 rings (SSSR count). The van der Waals surface area contributed by atoms with E-state index >= 15 is 0 Å². The van der Waals surface area contributed by atoms with Crippen LogP contribution in [0.1, 0.15) is 30.9 Å². The van der Waals surface area contributed by atoms with Gasteiger partial charge in [-0.25, -0.2) is 0 Å². The van der Waals surface area contributed by atoms with Gasteiger partial charge in [-0.15, -0.1) is 12.4 Å². The number of nitrogens with zero attached hydrogens (tertiary/aromatic N) is 2. The maximum atomic E-state index is 12.8. The lowest BCUT2D eigenvalue weighted by Crippen LogP contribution is -2.51. The first-order valence-electron chi connectivity index (χ1n) is 9.17. The van der Waals surface area contributed by atoms with Gasteiger partial charge in [-0.1, -0.05) is 30.7 Å². The maximum Gasteiger partial charge on any atom is 0.227 e. The molecule has 6 heteroatoms. The number of carbonyl (C=O) groups excluding carboxylic acids is 1. The number of benzene rings is 1. The highest BCUT2D eigenvalue weighted by atomic mass is 35.5. The van der Waals surface area contributed by atoms with Gasteiger partial charge in [-0.3, -0.25) is 9.69 Å². The van der Waals surface area contributed by atoms with Crippen LogP contribution in [0.15, 0.2) is 18.2 Å². The number of likely N-dealkylation sites (tertiary alicyclic amines) is 1. The Morgan fingerprint density at radius 3 is 2.76 bits per heavy atom. The van der Waals surface area contributed by atoms with Crippen molar-refractivity contribution in [2.45, 2.75) is 32.7 Å². The Balaban J connectivity index is 0.00000225. The second-order valence-corrected chi connectivity index (χ2v) is 7.29. The molecule has 0 radical (unpaired) electrons. The van der Waals surface area contributed by atoms with Crippen molar-refractivity contribution in [1.29, 1.82) is 0 Å². The van der Waals surface area contributed by atoms with Crippen molar-refractivity contribution in [2.75, 3.05) is 39.3 Å². The maximum absolute atomic E-state index is 12.8. The number of aryl methyl sites for hydroxylation is 1. The van der Waals surface area contributed by atoms with Crippen molar-refractivity contribution < 1.29 is 4.79 Å². The second kappa shape index (κ2) is 9.77. The quantitative estimate of drug-likeness (QED) is 0.864. The highest BCUT2D eigenvalue weighted by molar-refractivity contribution is 6.31. The summed E-state index contributed by atoms with van der Waals surface area (Å²) in [5, 5.41) is 4.17. The van der Waals surface area contributed by atoms with Crippen LogP contribution in [-0.4, -0.2) is 55.0 Å². The molecule has 2 heterocycles. The van der Waals surface area contributed by atoms with Crippen LogP contribution >= 0.6 is 24.0 Å². The molecule has 0 saturated carbocycles. The Morgan fingerprint density at radius 1 is 1.28 bits per heavy atom. The molecule has 4 nitrogen and oxygen atoms in total. The van der Waals surface area contributed by atoms with Crippen LogP contribution in [0.2, 0.25) is 5.02 Å². The highest BCUT2D eigenvalue weighted by Gasteiger charge is 2.30. The molecule has 1 amide bonds. The van der Waals surface area contributed by atoms with E-state index in [9.17, 15) is 4.79 Å². The van der Waals surface area contributed by atoms with Gasteiger partial charge in [-0.2, -0.15) is 0 Å². The fraction of sp³-hybridized carbons (Fsp3) is 0.632. The van der Waals surface area contributed by atoms with Gasteiger partial charge < -0.3 is 10.2 Å². The van der Waals surface area contributed by atoms with Crippen molar-refractivity contribution in [3.8, 4) is 0 Å². The van der Waals surface area contributed by atoms with Crippen LogP contribution in [0.4, 0.5) is 0 Å². The van der Waals surface area contributed by atoms with Crippen molar-refractivity contribution in [3.63, 3.8) is 0 Å². The van der Waals surface area contributed by atoms with E-state index in [1.165, 1.54) is 11.1 Å². The smallest absolute Gasteiger partial charge is 0.227 e. The molecule has 2 aliphatic heterocycles. The summed E-state index contributed by atoms with van der Waals surface area (Å²) < 4.78 is 0. The molecule has 2 aliphatic rings. The van der Waals surface area contributed by atoms with Gasteiger partial charge in [0, 0.05) is 44.3 Å².